The molecule has 0 bridgehead atoms. The molecule has 0 radical (unpaired) electrons. The van der Waals surface area contributed by atoms with Crippen LogP contribution >= 0.6 is 0 Å². The first-order valence-corrected chi connectivity index (χ1v) is 5.59. The van der Waals surface area contributed by atoms with E-state index in [4.69, 9.17) is 5.41 Å². The molecule has 2 N–H and O–H groups in total. The molecule has 2 nitrogen and oxygen atoms in total. The van der Waals surface area contributed by atoms with Crippen molar-refractivity contribution >= 4 is 11.9 Å². The van der Waals surface area contributed by atoms with E-state index in [0.29, 0.717) is 0 Å². The molecule has 2 heteroatoms. The lowest BCUT2D eigenvalue weighted by Gasteiger charge is -2.08. The molecule has 0 fully saturated rings. The van der Waals surface area contributed by atoms with Gasteiger partial charge < -0.3 is 10.7 Å². The van der Waals surface area contributed by atoms with Crippen LogP contribution in [0.2, 0.25) is 0 Å². The summed E-state index contributed by atoms with van der Waals surface area (Å²) in [4.78, 5) is 0. The zero-order chi connectivity index (χ0) is 12.0. The third-order valence-electron chi connectivity index (χ3n) is 2.55. The third-order valence-corrected chi connectivity index (χ3v) is 2.55. The molecule has 0 spiro atoms. The summed E-state index contributed by atoms with van der Waals surface area (Å²) in [5, 5.41) is 10.4. The second kappa shape index (κ2) is 6.11. The van der Waals surface area contributed by atoms with Gasteiger partial charge in [0.25, 0.3) is 0 Å². The minimum Gasteiger partial charge on any atom is -0.381 e. The number of anilines is 1. The van der Waals surface area contributed by atoms with Crippen LogP contribution in [0.15, 0.2) is 29.8 Å². The summed E-state index contributed by atoms with van der Waals surface area (Å²) < 4.78 is 0. The number of benzene rings is 1. The lowest BCUT2D eigenvalue weighted by molar-refractivity contribution is 1.20. The van der Waals surface area contributed by atoms with E-state index in [0.717, 1.165) is 13.0 Å². The Hall–Kier alpha value is -1.57. The average Bonchev–Trinajstić information content (AvgIpc) is 2.22. The van der Waals surface area contributed by atoms with Gasteiger partial charge in [0.1, 0.15) is 0 Å². The summed E-state index contributed by atoms with van der Waals surface area (Å²) in [7, 11) is 0. The first-order valence-electron chi connectivity index (χ1n) is 5.59. The molecule has 0 saturated heterocycles. The minimum atomic E-state index is 0.745. The average molecular weight is 216 g/mol. The molecule has 86 valence electrons. The van der Waals surface area contributed by atoms with Crippen molar-refractivity contribution in [1.82, 2.24) is 0 Å². The second-order valence-electron chi connectivity index (χ2n) is 4.16. The van der Waals surface area contributed by atoms with Gasteiger partial charge in [-0.15, -0.1) is 0 Å². The molecule has 0 saturated carbocycles. The second-order valence-corrected chi connectivity index (χ2v) is 4.16. The van der Waals surface area contributed by atoms with Crippen LogP contribution in [0, 0.1) is 19.3 Å². The molecular formula is C14H20N2. The first kappa shape index (κ1) is 12.5. The Morgan fingerprint density at radius 3 is 2.75 bits per heavy atom. The van der Waals surface area contributed by atoms with Crippen molar-refractivity contribution in [2.24, 2.45) is 0 Å². The normalized spacial score (nSPS) is 11.3. The number of hydrogen-bond donors (Lipinski definition) is 2. The van der Waals surface area contributed by atoms with Crippen molar-refractivity contribution in [3.05, 3.63) is 41.0 Å². The Balaban J connectivity index is 2.55. The Morgan fingerprint density at radius 2 is 2.12 bits per heavy atom. The van der Waals surface area contributed by atoms with Gasteiger partial charge in [0.05, 0.1) is 0 Å². The van der Waals surface area contributed by atoms with E-state index < -0.39 is 0 Å². The summed E-state index contributed by atoms with van der Waals surface area (Å²) in [6.07, 6.45) is 4.31. The summed E-state index contributed by atoms with van der Waals surface area (Å²) in [6, 6.07) is 6.41. The van der Waals surface area contributed by atoms with Crippen molar-refractivity contribution in [3.8, 4) is 0 Å². The minimum absolute atomic E-state index is 0.745. The van der Waals surface area contributed by atoms with E-state index in [1.165, 1.54) is 28.6 Å². The third kappa shape index (κ3) is 3.89. The summed E-state index contributed by atoms with van der Waals surface area (Å²) >= 11 is 0. The van der Waals surface area contributed by atoms with Crippen LogP contribution < -0.4 is 5.32 Å². The molecule has 0 aromatic heterocycles. The van der Waals surface area contributed by atoms with E-state index in [1.807, 2.05) is 0 Å². The molecule has 0 aliphatic carbocycles. The summed E-state index contributed by atoms with van der Waals surface area (Å²) in [6.45, 7) is 7.09. The Kier molecular flexibility index (Phi) is 4.77. The molecule has 1 rings (SSSR count). The van der Waals surface area contributed by atoms with E-state index >= 15 is 0 Å². The molecule has 0 aliphatic heterocycles. The molecule has 1 aromatic carbocycles. The zero-order valence-corrected chi connectivity index (χ0v) is 10.3. The number of aryl methyl sites for hydroxylation is 2. The Morgan fingerprint density at radius 1 is 1.38 bits per heavy atom. The number of hydrogen-bond acceptors (Lipinski definition) is 2. The van der Waals surface area contributed by atoms with Gasteiger partial charge in [0.15, 0.2) is 0 Å². The lowest BCUT2D eigenvalue weighted by atomic mass is 10.1. The van der Waals surface area contributed by atoms with Crippen LogP contribution in [0.25, 0.3) is 0 Å². The van der Waals surface area contributed by atoms with Crippen LogP contribution in [-0.2, 0) is 0 Å². The maximum absolute atomic E-state index is 7.00. The fourth-order valence-corrected chi connectivity index (χ4v) is 1.59. The van der Waals surface area contributed by atoms with Crippen molar-refractivity contribution in [2.75, 3.05) is 11.9 Å². The van der Waals surface area contributed by atoms with Crippen molar-refractivity contribution in [2.45, 2.75) is 27.2 Å². The monoisotopic (exact) mass is 216 g/mol. The predicted molar refractivity (Wildman–Crippen MR) is 71.6 cm³/mol. The van der Waals surface area contributed by atoms with Crippen molar-refractivity contribution in [1.29, 1.82) is 5.41 Å². The first-order chi connectivity index (χ1) is 7.63. The van der Waals surface area contributed by atoms with Gasteiger partial charge in [-0.3, -0.25) is 0 Å². The topological polar surface area (TPSA) is 35.9 Å². The molecule has 0 heterocycles. The number of nitrogens with one attached hydrogen (secondary N) is 2. The molecule has 0 unspecified atom stereocenters. The number of allylic oxidation sites excluding steroid dienone is 1. The van der Waals surface area contributed by atoms with E-state index in [1.54, 1.807) is 0 Å². The molecule has 0 amide bonds. The van der Waals surface area contributed by atoms with Crippen LogP contribution in [-0.4, -0.2) is 12.8 Å². The van der Waals surface area contributed by atoms with Gasteiger partial charge in [-0.1, -0.05) is 29.3 Å². The van der Waals surface area contributed by atoms with Crippen LogP contribution in [0.4, 0.5) is 5.69 Å². The van der Waals surface area contributed by atoms with Gasteiger partial charge in [0, 0.05) is 18.7 Å². The summed E-state index contributed by atoms with van der Waals surface area (Å²) in [5.74, 6) is 0. The van der Waals surface area contributed by atoms with Crippen LogP contribution in [0.1, 0.15) is 24.5 Å². The number of rotatable bonds is 5. The largest absolute Gasteiger partial charge is 0.381 e. The fraction of sp³-hybridized carbons (Fsp3) is 0.357. The van der Waals surface area contributed by atoms with Gasteiger partial charge in [-0.25, -0.2) is 0 Å². The van der Waals surface area contributed by atoms with Crippen molar-refractivity contribution in [3.63, 3.8) is 0 Å². The Labute approximate surface area is 97.9 Å². The fourth-order valence-electron chi connectivity index (χ4n) is 1.59. The Bertz CT molecular complexity index is 392. The molecule has 1 aromatic rings. The lowest BCUT2D eigenvalue weighted by Crippen LogP contribution is -2.01. The van der Waals surface area contributed by atoms with Gasteiger partial charge >= 0.3 is 0 Å². The van der Waals surface area contributed by atoms with Crippen LogP contribution in [0.3, 0.4) is 0 Å². The van der Waals surface area contributed by atoms with E-state index in [-0.39, 0.29) is 0 Å². The van der Waals surface area contributed by atoms with E-state index in [2.05, 4.69) is 50.4 Å². The highest BCUT2D eigenvalue weighted by Crippen LogP contribution is 2.15. The SMILES string of the molecule is CC(=CCNc1ccc(C)cc1C)CC=N. The highest BCUT2D eigenvalue weighted by molar-refractivity contribution is 5.57. The van der Waals surface area contributed by atoms with Gasteiger partial charge in [-0.2, -0.15) is 0 Å². The van der Waals surface area contributed by atoms with Crippen molar-refractivity contribution < 1.29 is 0 Å². The quantitative estimate of drug-likeness (QED) is 0.571. The maximum Gasteiger partial charge on any atom is 0.0372 e. The van der Waals surface area contributed by atoms with E-state index in [9.17, 15) is 0 Å². The zero-order valence-electron chi connectivity index (χ0n) is 10.3. The molecule has 0 atom stereocenters. The highest BCUT2D eigenvalue weighted by atomic mass is 14.9. The smallest absolute Gasteiger partial charge is 0.0372 e. The van der Waals surface area contributed by atoms with Crippen LogP contribution in [0.5, 0.6) is 0 Å². The predicted octanol–water partition coefficient (Wildman–Crippen LogP) is 3.70. The van der Waals surface area contributed by atoms with Gasteiger partial charge in [-0.05, 0) is 38.6 Å². The van der Waals surface area contributed by atoms with Gasteiger partial charge in [0.2, 0.25) is 0 Å². The molecule has 0 aliphatic rings. The maximum atomic E-state index is 7.00. The molecular weight excluding hydrogens is 196 g/mol. The highest BCUT2D eigenvalue weighted by Gasteiger charge is 1.96. The summed E-state index contributed by atoms with van der Waals surface area (Å²) in [5.41, 5.74) is 4.98. The standard InChI is InChI=1S/C14H20N2/c1-11(6-8-15)7-9-16-14-5-4-12(2)10-13(14)3/h4-5,7-8,10,15-16H,6,9H2,1-3H3. The molecule has 16 heavy (non-hydrogen) atoms.